The third kappa shape index (κ3) is 6.08. The summed E-state index contributed by atoms with van der Waals surface area (Å²) >= 11 is 3.10. The van der Waals surface area contributed by atoms with E-state index in [1.807, 2.05) is 0 Å². The average molecular weight is 480 g/mol. The second-order valence-corrected chi connectivity index (χ2v) is 9.10. The molecule has 28 heavy (non-hydrogen) atoms. The predicted molar refractivity (Wildman–Crippen MR) is 105 cm³/mol. The molecule has 0 unspecified atom stereocenters. The largest absolute Gasteiger partial charge is 0.411 e. The number of aryl methyl sites for hydroxylation is 1. The number of benzene rings is 1. The van der Waals surface area contributed by atoms with E-state index in [0.29, 0.717) is 34.8 Å². The third-order valence-corrected chi connectivity index (χ3v) is 6.29. The SMILES string of the molecule is [2H]C([2H])([2H])N(C)S(=O)(=O)CCCCCc1nonc1/C(Cc1ccc(F)c(Br)c1)=N/O. The zero-order chi connectivity index (χ0) is 23.2. The molecular formula is C17H22BrFN4O4S. The molecule has 0 saturated heterocycles. The van der Waals surface area contributed by atoms with E-state index in [0.717, 1.165) is 7.05 Å². The Morgan fingerprint density at radius 1 is 1.39 bits per heavy atom. The van der Waals surface area contributed by atoms with Crippen molar-refractivity contribution >= 4 is 31.7 Å². The minimum atomic E-state index is -3.88. The van der Waals surface area contributed by atoms with E-state index in [-0.39, 0.29) is 34.5 Å². The van der Waals surface area contributed by atoms with E-state index in [2.05, 4.69) is 31.4 Å². The van der Waals surface area contributed by atoms with E-state index in [1.165, 1.54) is 6.07 Å². The smallest absolute Gasteiger partial charge is 0.213 e. The van der Waals surface area contributed by atoms with Crippen LogP contribution in [0.3, 0.4) is 0 Å². The molecule has 0 bridgehead atoms. The van der Waals surface area contributed by atoms with Gasteiger partial charge in [-0.2, -0.15) is 0 Å². The first kappa shape index (κ1) is 18.2. The fraction of sp³-hybridized carbons (Fsp3) is 0.471. The number of sulfonamides is 1. The summed E-state index contributed by atoms with van der Waals surface area (Å²) in [6.45, 7) is -2.71. The molecule has 1 heterocycles. The number of aromatic nitrogens is 2. The molecule has 0 aliphatic carbocycles. The van der Waals surface area contributed by atoms with Crippen LogP contribution in [0.5, 0.6) is 0 Å². The first-order chi connectivity index (χ1) is 14.5. The van der Waals surface area contributed by atoms with Crippen LogP contribution in [0, 0.1) is 5.82 Å². The van der Waals surface area contributed by atoms with Crippen LogP contribution in [0.2, 0.25) is 0 Å². The van der Waals surface area contributed by atoms with Gasteiger partial charge in [0.15, 0.2) is 5.69 Å². The highest BCUT2D eigenvalue weighted by atomic mass is 79.9. The molecule has 0 atom stereocenters. The predicted octanol–water partition coefficient (Wildman–Crippen LogP) is 3.00. The Bertz CT molecular complexity index is 1030. The van der Waals surface area contributed by atoms with Gasteiger partial charge >= 0.3 is 0 Å². The number of hydrogen-bond acceptors (Lipinski definition) is 7. The maximum atomic E-state index is 13.4. The summed E-state index contributed by atoms with van der Waals surface area (Å²) in [5.41, 5.74) is 1.57. The van der Waals surface area contributed by atoms with Gasteiger partial charge in [-0.15, -0.1) is 0 Å². The fourth-order valence-electron chi connectivity index (χ4n) is 2.49. The van der Waals surface area contributed by atoms with Crippen molar-refractivity contribution in [2.75, 3.05) is 19.8 Å². The van der Waals surface area contributed by atoms with Crippen molar-refractivity contribution in [3.63, 3.8) is 0 Å². The Balaban J connectivity index is 1.92. The van der Waals surface area contributed by atoms with Crippen molar-refractivity contribution in [2.24, 2.45) is 5.16 Å². The van der Waals surface area contributed by atoms with Gasteiger partial charge in [-0.1, -0.05) is 22.8 Å². The molecule has 11 heteroatoms. The number of oxime groups is 1. The average Bonchev–Trinajstić information content (AvgIpc) is 3.15. The molecule has 0 saturated carbocycles. The van der Waals surface area contributed by atoms with Gasteiger partial charge in [-0.25, -0.2) is 21.7 Å². The molecule has 154 valence electrons. The van der Waals surface area contributed by atoms with Crippen molar-refractivity contribution < 1.29 is 26.8 Å². The third-order valence-electron chi connectivity index (χ3n) is 4.04. The van der Waals surface area contributed by atoms with Gasteiger partial charge in [-0.3, -0.25) is 0 Å². The highest BCUT2D eigenvalue weighted by Gasteiger charge is 2.18. The van der Waals surface area contributed by atoms with Crippen LogP contribution in [0.25, 0.3) is 0 Å². The molecule has 0 radical (unpaired) electrons. The zero-order valence-electron chi connectivity index (χ0n) is 18.1. The van der Waals surface area contributed by atoms with Crippen molar-refractivity contribution in [3.05, 3.63) is 45.4 Å². The van der Waals surface area contributed by atoms with Crippen molar-refractivity contribution in [1.82, 2.24) is 14.6 Å². The van der Waals surface area contributed by atoms with E-state index in [1.54, 1.807) is 12.1 Å². The Morgan fingerprint density at radius 3 is 2.86 bits per heavy atom. The molecule has 0 aliphatic rings. The fourth-order valence-corrected chi connectivity index (χ4v) is 3.76. The molecule has 2 rings (SSSR count). The summed E-state index contributed by atoms with van der Waals surface area (Å²) in [5, 5.41) is 20.3. The van der Waals surface area contributed by atoms with Crippen LogP contribution in [0.1, 0.15) is 40.3 Å². The van der Waals surface area contributed by atoms with E-state index < -0.39 is 22.8 Å². The van der Waals surface area contributed by atoms with Crippen LogP contribution >= 0.6 is 15.9 Å². The molecule has 1 N–H and O–H groups in total. The first-order valence-corrected chi connectivity index (χ1v) is 10.8. The standard InChI is InChI=1S/C17H22BrFN4O4S/c1-23(2)28(25,26)9-5-3-4-6-15-17(22-27-21-15)16(20-24)11-12-7-8-14(19)13(18)10-12/h7-8,10,24H,3-6,9,11H2,1-2H3/b20-16+/i1D3. The minimum Gasteiger partial charge on any atom is -0.411 e. The number of nitrogens with zero attached hydrogens (tertiary/aromatic N) is 4. The molecule has 0 fully saturated rings. The summed E-state index contributed by atoms with van der Waals surface area (Å²) in [6.07, 6.45) is 1.86. The van der Waals surface area contributed by atoms with Crippen molar-refractivity contribution in [2.45, 2.75) is 32.1 Å². The molecule has 1 aromatic carbocycles. The summed E-state index contributed by atoms with van der Waals surface area (Å²) in [6, 6.07) is 4.40. The quantitative estimate of drug-likeness (QED) is 0.242. The van der Waals surface area contributed by atoms with Gasteiger partial charge in [0.05, 0.1) is 10.2 Å². The van der Waals surface area contributed by atoms with Gasteiger partial charge in [0.1, 0.15) is 17.2 Å². The lowest BCUT2D eigenvalue weighted by Crippen LogP contribution is -2.25. The maximum absolute atomic E-state index is 13.4. The van der Waals surface area contributed by atoms with Crippen LogP contribution in [-0.4, -0.2) is 53.7 Å². The lowest BCUT2D eigenvalue weighted by molar-refractivity contribution is 0.300. The Kier molecular flexibility index (Phi) is 6.55. The van der Waals surface area contributed by atoms with Gasteiger partial charge in [-0.05, 0) is 58.0 Å². The second kappa shape index (κ2) is 10.1. The maximum Gasteiger partial charge on any atom is 0.213 e. The lowest BCUT2D eigenvalue weighted by atomic mass is 10.0. The number of hydrogen-bond donors (Lipinski definition) is 1. The second-order valence-electron chi connectivity index (χ2n) is 6.13. The number of halogens is 2. The van der Waals surface area contributed by atoms with E-state index >= 15 is 0 Å². The van der Waals surface area contributed by atoms with Gasteiger partial charge in [0.25, 0.3) is 0 Å². The highest BCUT2D eigenvalue weighted by Crippen LogP contribution is 2.19. The Hall–Kier alpha value is -1.85. The minimum absolute atomic E-state index is 0.163. The molecule has 0 spiro atoms. The molecule has 0 aliphatic heterocycles. The molecule has 0 amide bonds. The first-order valence-electron chi connectivity index (χ1n) is 9.89. The van der Waals surface area contributed by atoms with Crippen molar-refractivity contribution in [1.29, 1.82) is 0 Å². The Labute approximate surface area is 175 Å². The summed E-state index contributed by atoms with van der Waals surface area (Å²) in [5.74, 6) is -0.698. The topological polar surface area (TPSA) is 109 Å². The lowest BCUT2D eigenvalue weighted by Gasteiger charge is -2.10. The normalized spacial score (nSPS) is 14.7. The molecule has 8 nitrogen and oxygen atoms in total. The van der Waals surface area contributed by atoms with E-state index in [4.69, 9.17) is 8.74 Å². The van der Waals surface area contributed by atoms with Gasteiger partial charge in [0.2, 0.25) is 10.0 Å². The summed E-state index contributed by atoms with van der Waals surface area (Å²) in [7, 11) is -2.84. The van der Waals surface area contributed by atoms with Gasteiger partial charge < -0.3 is 5.21 Å². The molecular weight excluding hydrogens is 455 g/mol. The number of rotatable bonds is 10. The summed E-state index contributed by atoms with van der Waals surface area (Å²) < 4.78 is 64.5. The molecule has 2 aromatic rings. The van der Waals surface area contributed by atoms with Gasteiger partial charge in [0, 0.05) is 24.6 Å². The van der Waals surface area contributed by atoms with E-state index in [9.17, 15) is 18.0 Å². The van der Waals surface area contributed by atoms with Crippen LogP contribution in [0.4, 0.5) is 4.39 Å². The van der Waals surface area contributed by atoms with Crippen molar-refractivity contribution in [3.8, 4) is 0 Å². The highest BCUT2D eigenvalue weighted by molar-refractivity contribution is 9.10. The monoisotopic (exact) mass is 479 g/mol. The Morgan fingerprint density at radius 2 is 2.18 bits per heavy atom. The van der Waals surface area contributed by atoms with Crippen LogP contribution in [-0.2, 0) is 22.9 Å². The zero-order valence-corrected chi connectivity index (χ0v) is 17.5. The number of unbranched alkanes of at least 4 members (excludes halogenated alkanes) is 2. The van der Waals surface area contributed by atoms with Crippen LogP contribution in [0.15, 0.2) is 32.5 Å². The summed E-state index contributed by atoms with van der Waals surface area (Å²) in [4.78, 5) is 0. The molecule has 1 aromatic heterocycles. The van der Waals surface area contributed by atoms with Crippen LogP contribution < -0.4 is 0 Å².